The van der Waals surface area contributed by atoms with Crippen LogP contribution in [0, 0.1) is 5.92 Å². The summed E-state index contributed by atoms with van der Waals surface area (Å²) in [4.78, 5) is 0. The molecule has 2 unspecified atom stereocenters. The fourth-order valence-electron chi connectivity index (χ4n) is 1.68. The molecule has 0 heterocycles. The Morgan fingerprint density at radius 3 is 2.67 bits per heavy atom. The number of nitrogens with two attached hydrogens (primary N) is 1. The summed E-state index contributed by atoms with van der Waals surface area (Å²) in [5.41, 5.74) is 7.28. The predicted octanol–water partition coefficient (Wildman–Crippen LogP) is 4.54. The second kappa shape index (κ2) is 5.88. The molecule has 2 N–H and O–H groups in total. The molecule has 0 amide bonds. The van der Waals surface area contributed by atoms with E-state index in [0.29, 0.717) is 5.92 Å². The van der Waals surface area contributed by atoms with Crippen molar-refractivity contribution >= 4 is 27.5 Å². The molecular formula is C12H17BrClN. The Balaban J connectivity index is 2.81. The first-order chi connectivity index (χ1) is 7.06. The standard InChI is InChI=1S/C12H17BrClN/c1-3-4-8(2)12(15)9-5-6-10(13)11(14)7-9/h5-8,12H,3-4,15H2,1-2H3. The summed E-state index contributed by atoms with van der Waals surface area (Å²) in [5, 5.41) is 0.728. The fourth-order valence-corrected chi connectivity index (χ4v) is 2.12. The molecule has 0 aliphatic heterocycles. The molecular weight excluding hydrogens is 273 g/mol. The minimum Gasteiger partial charge on any atom is -0.324 e. The molecule has 0 saturated heterocycles. The summed E-state index contributed by atoms with van der Waals surface area (Å²) in [5.74, 6) is 0.493. The normalized spacial score (nSPS) is 15.0. The van der Waals surface area contributed by atoms with Gasteiger partial charge >= 0.3 is 0 Å². The lowest BCUT2D eigenvalue weighted by Crippen LogP contribution is -2.18. The highest BCUT2D eigenvalue weighted by Crippen LogP contribution is 2.29. The lowest BCUT2D eigenvalue weighted by atomic mass is 9.92. The van der Waals surface area contributed by atoms with Gasteiger partial charge in [0.05, 0.1) is 5.02 Å². The van der Waals surface area contributed by atoms with Crippen molar-refractivity contribution in [2.75, 3.05) is 0 Å². The van der Waals surface area contributed by atoms with E-state index in [1.165, 1.54) is 6.42 Å². The lowest BCUT2D eigenvalue weighted by molar-refractivity contribution is 0.434. The first kappa shape index (κ1) is 13.0. The zero-order chi connectivity index (χ0) is 11.4. The molecule has 0 aromatic heterocycles. The van der Waals surface area contributed by atoms with Gasteiger partial charge in [-0.25, -0.2) is 0 Å². The number of halogens is 2. The quantitative estimate of drug-likeness (QED) is 0.865. The topological polar surface area (TPSA) is 26.0 Å². The Hall–Kier alpha value is -0.0500. The summed E-state index contributed by atoms with van der Waals surface area (Å²) in [6.07, 6.45) is 2.31. The molecule has 1 aromatic carbocycles. The SMILES string of the molecule is CCCC(C)C(N)c1ccc(Br)c(Cl)c1. The third kappa shape index (κ3) is 3.47. The summed E-state index contributed by atoms with van der Waals surface area (Å²) in [6.45, 7) is 4.36. The molecule has 2 atom stereocenters. The van der Waals surface area contributed by atoms with Crippen molar-refractivity contribution in [3.8, 4) is 0 Å². The van der Waals surface area contributed by atoms with Crippen molar-refractivity contribution in [1.29, 1.82) is 0 Å². The van der Waals surface area contributed by atoms with Crippen molar-refractivity contribution in [3.63, 3.8) is 0 Å². The van der Waals surface area contributed by atoms with E-state index < -0.39 is 0 Å². The Bertz CT molecular complexity index is 327. The van der Waals surface area contributed by atoms with Crippen LogP contribution in [0.1, 0.15) is 38.3 Å². The van der Waals surface area contributed by atoms with E-state index in [2.05, 4.69) is 29.8 Å². The van der Waals surface area contributed by atoms with Crippen LogP contribution in [-0.4, -0.2) is 0 Å². The van der Waals surface area contributed by atoms with Crippen molar-refractivity contribution in [3.05, 3.63) is 33.3 Å². The molecule has 0 saturated carbocycles. The number of hydrogen-bond acceptors (Lipinski definition) is 1. The highest BCUT2D eigenvalue weighted by molar-refractivity contribution is 9.10. The van der Waals surface area contributed by atoms with Crippen LogP contribution < -0.4 is 5.73 Å². The third-order valence-electron chi connectivity index (χ3n) is 2.69. The molecule has 1 aromatic rings. The maximum atomic E-state index is 6.17. The molecule has 0 bridgehead atoms. The zero-order valence-corrected chi connectivity index (χ0v) is 11.5. The Kier molecular flexibility index (Phi) is 5.10. The monoisotopic (exact) mass is 289 g/mol. The first-order valence-corrected chi connectivity index (χ1v) is 6.44. The maximum Gasteiger partial charge on any atom is 0.0551 e. The first-order valence-electron chi connectivity index (χ1n) is 5.26. The van der Waals surface area contributed by atoms with Crippen LogP contribution in [-0.2, 0) is 0 Å². The van der Waals surface area contributed by atoms with Gasteiger partial charge in [-0.2, -0.15) is 0 Å². The second-order valence-corrected chi connectivity index (χ2v) is 5.23. The second-order valence-electron chi connectivity index (χ2n) is 3.97. The summed E-state index contributed by atoms with van der Waals surface area (Å²) < 4.78 is 0.920. The maximum absolute atomic E-state index is 6.17. The highest BCUT2D eigenvalue weighted by atomic mass is 79.9. The van der Waals surface area contributed by atoms with E-state index in [1.54, 1.807) is 0 Å². The average molecular weight is 291 g/mol. The lowest BCUT2D eigenvalue weighted by Gasteiger charge is -2.20. The summed E-state index contributed by atoms with van der Waals surface area (Å²) >= 11 is 9.41. The molecule has 84 valence electrons. The van der Waals surface area contributed by atoms with Gasteiger partial charge in [0.25, 0.3) is 0 Å². The van der Waals surface area contributed by atoms with Crippen LogP contribution in [0.3, 0.4) is 0 Å². The van der Waals surface area contributed by atoms with Crippen LogP contribution in [0.5, 0.6) is 0 Å². The van der Waals surface area contributed by atoms with Crippen molar-refractivity contribution in [1.82, 2.24) is 0 Å². The van der Waals surface area contributed by atoms with Crippen LogP contribution in [0.2, 0.25) is 5.02 Å². The largest absolute Gasteiger partial charge is 0.324 e. The van der Waals surface area contributed by atoms with Gasteiger partial charge < -0.3 is 5.73 Å². The highest BCUT2D eigenvalue weighted by Gasteiger charge is 2.14. The van der Waals surface area contributed by atoms with E-state index in [4.69, 9.17) is 17.3 Å². The molecule has 3 heteroatoms. The third-order valence-corrected chi connectivity index (χ3v) is 3.92. The minimum atomic E-state index is 0.0792. The van der Waals surface area contributed by atoms with E-state index in [1.807, 2.05) is 18.2 Å². The van der Waals surface area contributed by atoms with Crippen LogP contribution >= 0.6 is 27.5 Å². The Morgan fingerprint density at radius 2 is 2.13 bits per heavy atom. The van der Waals surface area contributed by atoms with Gasteiger partial charge in [0.15, 0.2) is 0 Å². The Morgan fingerprint density at radius 1 is 1.47 bits per heavy atom. The Labute approximate surface area is 105 Å². The van der Waals surface area contributed by atoms with E-state index in [0.717, 1.165) is 21.5 Å². The van der Waals surface area contributed by atoms with Gasteiger partial charge in [-0.05, 0) is 46.0 Å². The zero-order valence-electron chi connectivity index (χ0n) is 9.13. The molecule has 1 nitrogen and oxygen atoms in total. The number of hydrogen-bond donors (Lipinski definition) is 1. The van der Waals surface area contributed by atoms with Gasteiger partial charge in [0.1, 0.15) is 0 Å². The van der Waals surface area contributed by atoms with Crippen LogP contribution in [0.25, 0.3) is 0 Å². The van der Waals surface area contributed by atoms with Crippen LogP contribution in [0.4, 0.5) is 0 Å². The van der Waals surface area contributed by atoms with Crippen molar-refractivity contribution in [2.45, 2.75) is 32.7 Å². The number of benzene rings is 1. The smallest absolute Gasteiger partial charge is 0.0551 e. The summed E-state index contributed by atoms with van der Waals surface area (Å²) in [7, 11) is 0. The molecule has 15 heavy (non-hydrogen) atoms. The number of rotatable bonds is 4. The predicted molar refractivity (Wildman–Crippen MR) is 70.2 cm³/mol. The molecule has 0 fully saturated rings. The van der Waals surface area contributed by atoms with E-state index in [-0.39, 0.29) is 6.04 Å². The van der Waals surface area contributed by atoms with Gasteiger partial charge in [0, 0.05) is 10.5 Å². The molecule has 0 radical (unpaired) electrons. The van der Waals surface area contributed by atoms with Gasteiger partial charge in [-0.15, -0.1) is 0 Å². The average Bonchev–Trinajstić information content (AvgIpc) is 2.21. The molecule has 1 rings (SSSR count). The molecule has 0 spiro atoms. The van der Waals surface area contributed by atoms with Crippen LogP contribution in [0.15, 0.2) is 22.7 Å². The fraction of sp³-hybridized carbons (Fsp3) is 0.500. The van der Waals surface area contributed by atoms with Gasteiger partial charge in [0.2, 0.25) is 0 Å². The van der Waals surface area contributed by atoms with Crippen molar-refractivity contribution in [2.24, 2.45) is 11.7 Å². The van der Waals surface area contributed by atoms with Gasteiger partial charge in [-0.3, -0.25) is 0 Å². The summed E-state index contributed by atoms with van der Waals surface area (Å²) in [6, 6.07) is 6.02. The van der Waals surface area contributed by atoms with E-state index >= 15 is 0 Å². The molecule has 0 aliphatic rings. The van der Waals surface area contributed by atoms with E-state index in [9.17, 15) is 0 Å². The van der Waals surface area contributed by atoms with Crippen molar-refractivity contribution < 1.29 is 0 Å². The minimum absolute atomic E-state index is 0.0792. The molecule has 0 aliphatic carbocycles. The van der Waals surface area contributed by atoms with Gasteiger partial charge in [-0.1, -0.05) is 37.9 Å².